The summed E-state index contributed by atoms with van der Waals surface area (Å²) in [5, 5.41) is 11.5. The molecule has 0 saturated heterocycles. The number of nitriles is 1. The first kappa shape index (κ1) is 9.54. The number of hydrogen-bond acceptors (Lipinski definition) is 2. The second kappa shape index (κ2) is 2.74. The molecule has 0 bridgehead atoms. The molecule has 0 amide bonds. The molecule has 0 aliphatic heterocycles. The summed E-state index contributed by atoms with van der Waals surface area (Å²) >= 11 is 0. The molecule has 68 valence electrons. The molecule has 0 aromatic heterocycles. The summed E-state index contributed by atoms with van der Waals surface area (Å²) in [7, 11) is 0. The molecule has 0 heterocycles. The van der Waals surface area contributed by atoms with Crippen molar-refractivity contribution in [2.75, 3.05) is 13.1 Å². The summed E-state index contributed by atoms with van der Waals surface area (Å²) in [5.41, 5.74) is 0.880. The fourth-order valence-corrected chi connectivity index (χ4v) is 2.12. The average Bonchev–Trinajstić information content (AvgIpc) is 2.32. The Kier molecular flexibility index (Phi) is 2.18. The Morgan fingerprint density at radius 1 is 1.25 bits per heavy atom. The Morgan fingerprint density at radius 3 is 2.08 bits per heavy atom. The molecule has 0 unspecified atom stereocenters. The van der Waals surface area contributed by atoms with E-state index in [4.69, 9.17) is 5.26 Å². The third kappa shape index (κ3) is 1.23. The van der Waals surface area contributed by atoms with E-state index >= 15 is 0 Å². The second-order valence-electron chi connectivity index (χ2n) is 4.78. The predicted octanol–water partition coefficient (Wildman–Crippen LogP) is 1.78. The van der Waals surface area contributed by atoms with Crippen LogP contribution in [0.25, 0.3) is 0 Å². The van der Waals surface area contributed by atoms with Gasteiger partial charge in [-0.2, -0.15) is 5.26 Å². The topological polar surface area (TPSA) is 35.8 Å². The molecule has 0 aromatic rings. The monoisotopic (exact) mass is 166 g/mol. The van der Waals surface area contributed by atoms with Gasteiger partial charge in [-0.15, -0.1) is 0 Å². The third-order valence-electron chi connectivity index (χ3n) is 3.87. The van der Waals surface area contributed by atoms with Crippen molar-refractivity contribution in [1.29, 1.82) is 5.26 Å². The minimum atomic E-state index is 0.440. The van der Waals surface area contributed by atoms with Crippen LogP contribution in [0.1, 0.15) is 27.7 Å². The van der Waals surface area contributed by atoms with E-state index in [-0.39, 0.29) is 0 Å². The van der Waals surface area contributed by atoms with E-state index in [9.17, 15) is 0 Å². The van der Waals surface area contributed by atoms with E-state index < -0.39 is 0 Å². The van der Waals surface area contributed by atoms with Crippen LogP contribution in [0.2, 0.25) is 0 Å². The normalized spacial score (nSPS) is 24.9. The Morgan fingerprint density at radius 2 is 1.75 bits per heavy atom. The first-order valence-electron chi connectivity index (χ1n) is 4.52. The molecule has 12 heavy (non-hydrogen) atoms. The summed E-state index contributed by atoms with van der Waals surface area (Å²) in [6.45, 7) is 10.6. The van der Waals surface area contributed by atoms with E-state index in [1.54, 1.807) is 0 Å². The van der Waals surface area contributed by atoms with Crippen LogP contribution in [0.3, 0.4) is 0 Å². The lowest BCUT2D eigenvalue weighted by molar-refractivity contribution is 0.457. The molecule has 1 N–H and O–H groups in total. The molecule has 0 atom stereocenters. The largest absolute Gasteiger partial charge is 0.304 e. The zero-order valence-electron chi connectivity index (χ0n) is 8.44. The van der Waals surface area contributed by atoms with E-state index in [1.807, 2.05) is 0 Å². The van der Waals surface area contributed by atoms with Crippen molar-refractivity contribution >= 4 is 0 Å². The lowest BCUT2D eigenvalue weighted by Crippen LogP contribution is -2.19. The van der Waals surface area contributed by atoms with Gasteiger partial charge in [-0.05, 0) is 23.3 Å². The average molecular weight is 166 g/mol. The Bertz CT molecular complexity index is 196. The fraction of sp³-hybridized carbons (Fsp3) is 0.900. The number of nitrogens with one attached hydrogen (secondary N) is 1. The predicted molar refractivity (Wildman–Crippen MR) is 49.5 cm³/mol. The molecule has 2 heteroatoms. The van der Waals surface area contributed by atoms with Crippen LogP contribution in [0, 0.1) is 28.1 Å². The van der Waals surface area contributed by atoms with Gasteiger partial charge < -0.3 is 5.32 Å². The lowest BCUT2D eigenvalue weighted by atomic mass is 10.0. The molecule has 1 aliphatic carbocycles. The number of nitrogens with zero attached hydrogens (tertiary/aromatic N) is 1. The van der Waals surface area contributed by atoms with Gasteiger partial charge in [-0.3, -0.25) is 0 Å². The van der Waals surface area contributed by atoms with Gasteiger partial charge in [0.25, 0.3) is 0 Å². The van der Waals surface area contributed by atoms with Gasteiger partial charge in [-0.1, -0.05) is 27.7 Å². The highest BCUT2D eigenvalue weighted by atomic mass is 14.9. The summed E-state index contributed by atoms with van der Waals surface area (Å²) < 4.78 is 0. The molecule has 0 aromatic carbocycles. The Hall–Kier alpha value is -0.550. The maximum atomic E-state index is 8.35. The highest BCUT2D eigenvalue weighted by Crippen LogP contribution is 2.67. The molecule has 2 nitrogen and oxygen atoms in total. The number of rotatable bonds is 3. The fourth-order valence-electron chi connectivity index (χ4n) is 2.12. The molecule has 1 aliphatic rings. The summed E-state index contributed by atoms with van der Waals surface area (Å²) in [4.78, 5) is 0. The van der Waals surface area contributed by atoms with Gasteiger partial charge in [0, 0.05) is 0 Å². The highest BCUT2D eigenvalue weighted by molar-refractivity contribution is 5.12. The molecule has 1 saturated carbocycles. The molecule has 1 rings (SSSR count). The van der Waals surface area contributed by atoms with Gasteiger partial charge in [-0.25, -0.2) is 0 Å². The van der Waals surface area contributed by atoms with Crippen molar-refractivity contribution in [3.63, 3.8) is 0 Å². The van der Waals surface area contributed by atoms with Gasteiger partial charge in [0.2, 0.25) is 0 Å². The van der Waals surface area contributed by atoms with Crippen LogP contribution >= 0.6 is 0 Å². The second-order valence-corrected chi connectivity index (χ2v) is 4.78. The maximum Gasteiger partial charge on any atom is 0.0841 e. The van der Waals surface area contributed by atoms with Crippen LogP contribution < -0.4 is 5.32 Å². The van der Waals surface area contributed by atoms with Crippen LogP contribution in [0.4, 0.5) is 0 Å². The minimum Gasteiger partial charge on any atom is -0.304 e. The zero-order chi connectivity index (χ0) is 9.41. The summed E-state index contributed by atoms with van der Waals surface area (Å²) in [6.07, 6.45) is 0. The highest BCUT2D eigenvalue weighted by Gasteiger charge is 2.63. The molecular formula is C10H18N2. The first-order chi connectivity index (χ1) is 5.44. The first-order valence-corrected chi connectivity index (χ1v) is 4.52. The quantitative estimate of drug-likeness (QED) is 0.512. The standard InChI is InChI=1S/C10H18N2/c1-9(2)8(10(9,3)4)7-12-6-5-11/h8,12H,6-7H2,1-4H3. The zero-order valence-corrected chi connectivity index (χ0v) is 8.44. The van der Waals surface area contributed by atoms with Crippen molar-refractivity contribution in [2.24, 2.45) is 16.7 Å². The molecular weight excluding hydrogens is 148 g/mol. The van der Waals surface area contributed by atoms with Crippen molar-refractivity contribution in [2.45, 2.75) is 27.7 Å². The van der Waals surface area contributed by atoms with Gasteiger partial charge >= 0.3 is 0 Å². The smallest absolute Gasteiger partial charge is 0.0841 e. The van der Waals surface area contributed by atoms with Crippen LogP contribution in [0.5, 0.6) is 0 Å². The SMILES string of the molecule is CC1(C)C(CNCC#N)C1(C)C. The Labute approximate surface area is 75.0 Å². The van der Waals surface area contributed by atoms with E-state index in [2.05, 4.69) is 39.1 Å². The molecule has 0 spiro atoms. The number of hydrogen-bond donors (Lipinski definition) is 1. The van der Waals surface area contributed by atoms with Gasteiger partial charge in [0.1, 0.15) is 0 Å². The van der Waals surface area contributed by atoms with Crippen LogP contribution in [-0.4, -0.2) is 13.1 Å². The maximum absolute atomic E-state index is 8.35. The van der Waals surface area contributed by atoms with E-state index in [0.717, 1.165) is 12.5 Å². The van der Waals surface area contributed by atoms with E-state index in [0.29, 0.717) is 17.4 Å². The van der Waals surface area contributed by atoms with E-state index in [1.165, 1.54) is 0 Å². The third-order valence-corrected chi connectivity index (χ3v) is 3.87. The molecule has 1 fully saturated rings. The van der Waals surface area contributed by atoms with Gasteiger partial charge in [0.15, 0.2) is 0 Å². The van der Waals surface area contributed by atoms with Crippen LogP contribution in [-0.2, 0) is 0 Å². The summed E-state index contributed by atoms with van der Waals surface area (Å²) in [5.74, 6) is 0.721. The lowest BCUT2D eigenvalue weighted by Gasteiger charge is -2.04. The molecule has 0 radical (unpaired) electrons. The van der Waals surface area contributed by atoms with Gasteiger partial charge in [0.05, 0.1) is 12.6 Å². The van der Waals surface area contributed by atoms with Crippen LogP contribution in [0.15, 0.2) is 0 Å². The summed E-state index contributed by atoms with van der Waals surface area (Å²) in [6, 6.07) is 2.09. The Balaban J connectivity index is 2.35. The van der Waals surface area contributed by atoms with Crippen molar-refractivity contribution < 1.29 is 0 Å². The van der Waals surface area contributed by atoms with Crippen molar-refractivity contribution in [1.82, 2.24) is 5.32 Å². The van der Waals surface area contributed by atoms with Crippen molar-refractivity contribution in [3.8, 4) is 6.07 Å². The minimum absolute atomic E-state index is 0.440. The van der Waals surface area contributed by atoms with Crippen molar-refractivity contribution in [3.05, 3.63) is 0 Å².